The van der Waals surface area contributed by atoms with Crippen LogP contribution in [0.4, 0.5) is 0 Å². The SMILES string of the molecule is CCOc1ccc(C(O)c2cnns2)cc1OCC. The molecule has 1 unspecified atom stereocenters. The normalized spacial score (nSPS) is 12.2. The number of nitrogens with zero attached hydrogens (tertiary/aromatic N) is 2. The van der Waals surface area contributed by atoms with Gasteiger partial charge in [-0.3, -0.25) is 0 Å². The van der Waals surface area contributed by atoms with E-state index >= 15 is 0 Å². The van der Waals surface area contributed by atoms with E-state index < -0.39 is 6.10 Å². The summed E-state index contributed by atoms with van der Waals surface area (Å²) in [6.45, 7) is 4.94. The molecule has 0 bridgehead atoms. The number of hydrogen-bond donors (Lipinski definition) is 1. The van der Waals surface area contributed by atoms with Crippen LogP contribution in [0.1, 0.15) is 30.4 Å². The first kappa shape index (κ1) is 13.8. The fraction of sp³-hybridized carbons (Fsp3) is 0.385. The van der Waals surface area contributed by atoms with Gasteiger partial charge in [0.05, 0.1) is 24.3 Å². The molecule has 2 rings (SSSR count). The number of aromatic nitrogens is 2. The van der Waals surface area contributed by atoms with Crippen molar-refractivity contribution >= 4 is 11.5 Å². The van der Waals surface area contributed by atoms with Crippen molar-refractivity contribution in [2.24, 2.45) is 0 Å². The number of benzene rings is 1. The quantitative estimate of drug-likeness (QED) is 0.880. The van der Waals surface area contributed by atoms with Gasteiger partial charge in [-0.2, -0.15) is 0 Å². The van der Waals surface area contributed by atoms with Crippen LogP contribution >= 0.6 is 11.5 Å². The molecule has 0 saturated heterocycles. The van der Waals surface area contributed by atoms with Gasteiger partial charge < -0.3 is 14.6 Å². The molecule has 5 nitrogen and oxygen atoms in total. The molecule has 1 aromatic heterocycles. The van der Waals surface area contributed by atoms with Crippen LogP contribution in [0.15, 0.2) is 24.4 Å². The minimum atomic E-state index is -0.741. The molecule has 6 heteroatoms. The maximum atomic E-state index is 10.2. The third-order valence-corrected chi connectivity index (χ3v) is 3.25. The van der Waals surface area contributed by atoms with Gasteiger partial charge in [0.25, 0.3) is 0 Å². The Balaban J connectivity index is 2.29. The molecule has 0 amide bonds. The third kappa shape index (κ3) is 3.21. The molecule has 1 atom stereocenters. The lowest BCUT2D eigenvalue weighted by atomic mass is 10.1. The van der Waals surface area contributed by atoms with Crippen molar-refractivity contribution in [3.05, 3.63) is 34.8 Å². The van der Waals surface area contributed by atoms with Crippen molar-refractivity contribution < 1.29 is 14.6 Å². The zero-order valence-electron chi connectivity index (χ0n) is 10.9. The van der Waals surface area contributed by atoms with E-state index in [-0.39, 0.29) is 0 Å². The maximum absolute atomic E-state index is 10.2. The molecular weight excluding hydrogens is 264 g/mol. The zero-order chi connectivity index (χ0) is 13.7. The standard InChI is InChI=1S/C13H16N2O3S/c1-3-17-10-6-5-9(7-11(10)18-4-2)13(16)12-8-14-15-19-12/h5-8,13,16H,3-4H2,1-2H3. The van der Waals surface area contributed by atoms with Gasteiger partial charge in [-0.15, -0.1) is 5.10 Å². The second kappa shape index (κ2) is 6.49. The summed E-state index contributed by atoms with van der Waals surface area (Å²) in [7, 11) is 0. The van der Waals surface area contributed by atoms with E-state index in [2.05, 4.69) is 9.59 Å². The van der Waals surface area contributed by atoms with E-state index in [0.29, 0.717) is 29.6 Å². The van der Waals surface area contributed by atoms with E-state index in [1.807, 2.05) is 26.0 Å². The van der Waals surface area contributed by atoms with Crippen LogP contribution in [0, 0.1) is 0 Å². The summed E-state index contributed by atoms with van der Waals surface area (Å²) in [6.07, 6.45) is 0.821. The van der Waals surface area contributed by atoms with Crippen LogP contribution in [-0.2, 0) is 0 Å². The average molecular weight is 280 g/mol. The summed E-state index contributed by atoms with van der Waals surface area (Å²) >= 11 is 1.18. The van der Waals surface area contributed by atoms with E-state index in [4.69, 9.17) is 9.47 Å². The molecule has 0 spiro atoms. The first-order chi connectivity index (χ1) is 9.26. The Morgan fingerprint density at radius 3 is 2.58 bits per heavy atom. The van der Waals surface area contributed by atoms with Crippen molar-refractivity contribution in [3.8, 4) is 11.5 Å². The minimum absolute atomic E-state index is 0.543. The monoisotopic (exact) mass is 280 g/mol. The molecule has 0 saturated carbocycles. The van der Waals surface area contributed by atoms with Gasteiger partial charge >= 0.3 is 0 Å². The van der Waals surface area contributed by atoms with Gasteiger partial charge in [-0.1, -0.05) is 10.6 Å². The van der Waals surface area contributed by atoms with Gasteiger partial charge in [-0.25, -0.2) is 0 Å². The van der Waals surface area contributed by atoms with Gasteiger partial charge in [-0.05, 0) is 43.1 Å². The predicted molar refractivity (Wildman–Crippen MR) is 72.8 cm³/mol. The van der Waals surface area contributed by atoms with Crippen molar-refractivity contribution in [2.45, 2.75) is 20.0 Å². The van der Waals surface area contributed by atoms with Crippen LogP contribution in [0.5, 0.6) is 11.5 Å². The first-order valence-corrected chi connectivity index (χ1v) is 6.88. The minimum Gasteiger partial charge on any atom is -0.490 e. The molecule has 0 aliphatic rings. The van der Waals surface area contributed by atoms with Crippen LogP contribution in [0.25, 0.3) is 0 Å². The lowest BCUT2D eigenvalue weighted by Gasteiger charge is -2.14. The van der Waals surface area contributed by atoms with Crippen LogP contribution in [0.2, 0.25) is 0 Å². The topological polar surface area (TPSA) is 64.5 Å². The van der Waals surface area contributed by atoms with E-state index in [0.717, 1.165) is 5.56 Å². The highest BCUT2D eigenvalue weighted by Gasteiger charge is 2.15. The average Bonchev–Trinajstić information content (AvgIpc) is 2.94. The Kier molecular flexibility index (Phi) is 4.70. The smallest absolute Gasteiger partial charge is 0.161 e. The van der Waals surface area contributed by atoms with Crippen molar-refractivity contribution in [3.63, 3.8) is 0 Å². The molecule has 1 heterocycles. The Morgan fingerprint density at radius 1 is 1.21 bits per heavy atom. The van der Waals surface area contributed by atoms with Gasteiger partial charge in [0.1, 0.15) is 6.10 Å². The molecule has 1 aromatic carbocycles. The van der Waals surface area contributed by atoms with Gasteiger partial charge in [0.2, 0.25) is 0 Å². The zero-order valence-corrected chi connectivity index (χ0v) is 11.7. The Labute approximate surface area is 116 Å². The van der Waals surface area contributed by atoms with E-state index in [1.54, 1.807) is 12.3 Å². The fourth-order valence-electron chi connectivity index (χ4n) is 1.70. The van der Waals surface area contributed by atoms with Crippen molar-refractivity contribution in [1.29, 1.82) is 0 Å². The first-order valence-electron chi connectivity index (χ1n) is 6.11. The molecule has 0 fully saturated rings. The van der Waals surface area contributed by atoms with Crippen molar-refractivity contribution in [1.82, 2.24) is 9.59 Å². The number of rotatable bonds is 6. The number of hydrogen-bond acceptors (Lipinski definition) is 6. The molecule has 0 radical (unpaired) electrons. The second-order valence-electron chi connectivity index (χ2n) is 3.79. The van der Waals surface area contributed by atoms with Gasteiger partial charge in [0.15, 0.2) is 11.5 Å². The Hall–Kier alpha value is -1.66. The third-order valence-electron chi connectivity index (χ3n) is 2.53. The molecule has 2 aromatic rings. The molecular formula is C13H16N2O3S. The summed E-state index contributed by atoms with van der Waals surface area (Å²) in [5.41, 5.74) is 0.734. The summed E-state index contributed by atoms with van der Waals surface area (Å²) in [5, 5.41) is 14.0. The number of ether oxygens (including phenoxy) is 2. The molecule has 102 valence electrons. The van der Waals surface area contributed by atoms with Crippen LogP contribution in [0.3, 0.4) is 0 Å². The van der Waals surface area contributed by atoms with E-state index in [9.17, 15) is 5.11 Å². The highest BCUT2D eigenvalue weighted by Crippen LogP contribution is 2.33. The predicted octanol–water partition coefficient (Wildman–Crippen LogP) is 2.42. The second-order valence-corrected chi connectivity index (χ2v) is 4.61. The Bertz CT molecular complexity index is 517. The largest absolute Gasteiger partial charge is 0.490 e. The molecule has 0 aliphatic carbocycles. The molecule has 19 heavy (non-hydrogen) atoms. The Morgan fingerprint density at radius 2 is 1.95 bits per heavy atom. The summed E-state index contributed by atoms with van der Waals surface area (Å²) in [6, 6.07) is 5.41. The number of aliphatic hydroxyl groups excluding tert-OH is 1. The highest BCUT2D eigenvalue weighted by atomic mass is 32.1. The lowest BCUT2D eigenvalue weighted by Crippen LogP contribution is -2.02. The van der Waals surface area contributed by atoms with E-state index in [1.165, 1.54) is 11.5 Å². The summed E-state index contributed by atoms with van der Waals surface area (Å²) < 4.78 is 14.8. The lowest BCUT2D eigenvalue weighted by molar-refractivity contribution is 0.222. The van der Waals surface area contributed by atoms with Crippen molar-refractivity contribution in [2.75, 3.05) is 13.2 Å². The van der Waals surface area contributed by atoms with Gasteiger partial charge in [0, 0.05) is 0 Å². The highest BCUT2D eigenvalue weighted by molar-refractivity contribution is 7.05. The molecule has 1 N–H and O–H groups in total. The van der Waals surface area contributed by atoms with Crippen LogP contribution in [-0.4, -0.2) is 27.9 Å². The van der Waals surface area contributed by atoms with Crippen LogP contribution < -0.4 is 9.47 Å². The fourth-order valence-corrected chi connectivity index (χ4v) is 2.22. The summed E-state index contributed by atoms with van der Waals surface area (Å²) in [5.74, 6) is 1.32. The number of aliphatic hydroxyl groups is 1. The maximum Gasteiger partial charge on any atom is 0.161 e. The molecule has 0 aliphatic heterocycles. The summed E-state index contributed by atoms with van der Waals surface area (Å²) in [4.78, 5) is 0.701.